The number of likely N-dealkylation sites (N-methyl/N-ethyl adjacent to an activating group) is 1. The molecule has 1 aromatic carbocycles. The molecule has 1 aromatic rings. The molecular formula is C10H13ClN2. The molecule has 0 bridgehead atoms. The normalized spacial score (nSPS) is 11.1. The third-order valence-corrected chi connectivity index (χ3v) is 1.79. The van der Waals surface area contributed by atoms with E-state index in [1.54, 1.807) is 7.05 Å². The van der Waals surface area contributed by atoms with Gasteiger partial charge in [0, 0.05) is 6.42 Å². The molecule has 0 saturated carbocycles. The van der Waals surface area contributed by atoms with Crippen LogP contribution in [0.5, 0.6) is 0 Å². The van der Waals surface area contributed by atoms with Crippen molar-refractivity contribution in [3.63, 3.8) is 0 Å². The molecule has 1 N–H and O–H groups in total. The highest BCUT2D eigenvalue weighted by molar-refractivity contribution is 5.85. The zero-order valence-corrected chi connectivity index (χ0v) is 8.34. The Hall–Kier alpha value is -1.04. The maximum Gasteiger partial charge on any atom is 0.0991 e. The Morgan fingerprint density at radius 1 is 1.38 bits per heavy atom. The van der Waals surface area contributed by atoms with Crippen LogP contribution in [0.15, 0.2) is 30.3 Å². The molecule has 0 spiro atoms. The molecule has 0 radical (unpaired) electrons. The van der Waals surface area contributed by atoms with E-state index in [1.165, 1.54) is 5.56 Å². The highest BCUT2D eigenvalue weighted by atomic mass is 35.5. The summed E-state index contributed by atoms with van der Waals surface area (Å²) in [5, 5.41) is 11.6. The molecule has 0 fully saturated rings. The maximum absolute atomic E-state index is 8.67. The van der Waals surface area contributed by atoms with Crippen molar-refractivity contribution in [2.45, 2.75) is 12.5 Å². The summed E-state index contributed by atoms with van der Waals surface area (Å²) >= 11 is 0. The molecule has 0 aliphatic heterocycles. The number of rotatable bonds is 3. The molecular weight excluding hydrogens is 184 g/mol. The highest BCUT2D eigenvalue weighted by Crippen LogP contribution is 2.01. The third kappa shape index (κ3) is 3.93. The molecule has 0 saturated heterocycles. The monoisotopic (exact) mass is 196 g/mol. The Kier molecular flexibility index (Phi) is 5.96. The van der Waals surface area contributed by atoms with Gasteiger partial charge in [0.1, 0.15) is 0 Å². The minimum absolute atomic E-state index is 0. The van der Waals surface area contributed by atoms with E-state index in [0.29, 0.717) is 0 Å². The number of halogens is 1. The SMILES string of the molecule is CNC(C#N)Cc1ccccc1.Cl. The smallest absolute Gasteiger partial charge is 0.0991 e. The maximum atomic E-state index is 8.67. The fourth-order valence-electron chi connectivity index (χ4n) is 1.06. The summed E-state index contributed by atoms with van der Waals surface area (Å²) in [5.74, 6) is 0. The summed E-state index contributed by atoms with van der Waals surface area (Å²) < 4.78 is 0. The van der Waals surface area contributed by atoms with Crippen LogP contribution in [-0.4, -0.2) is 13.1 Å². The second-order valence-corrected chi connectivity index (χ2v) is 2.66. The molecule has 3 heteroatoms. The summed E-state index contributed by atoms with van der Waals surface area (Å²) in [7, 11) is 1.80. The van der Waals surface area contributed by atoms with E-state index in [-0.39, 0.29) is 18.4 Å². The van der Waals surface area contributed by atoms with Gasteiger partial charge in [0.2, 0.25) is 0 Å². The van der Waals surface area contributed by atoms with E-state index in [0.717, 1.165) is 6.42 Å². The van der Waals surface area contributed by atoms with E-state index >= 15 is 0 Å². The van der Waals surface area contributed by atoms with Crippen LogP contribution in [0.25, 0.3) is 0 Å². The molecule has 70 valence electrons. The van der Waals surface area contributed by atoms with E-state index in [1.807, 2.05) is 30.3 Å². The number of nitriles is 1. The Balaban J connectivity index is 0.00000144. The van der Waals surface area contributed by atoms with Crippen molar-refractivity contribution in [3.8, 4) is 6.07 Å². The van der Waals surface area contributed by atoms with Crippen LogP contribution in [-0.2, 0) is 6.42 Å². The molecule has 2 nitrogen and oxygen atoms in total. The van der Waals surface area contributed by atoms with Gasteiger partial charge < -0.3 is 5.32 Å². The molecule has 1 rings (SSSR count). The molecule has 0 aliphatic rings. The second-order valence-electron chi connectivity index (χ2n) is 2.66. The predicted molar refractivity (Wildman–Crippen MR) is 55.9 cm³/mol. The van der Waals surface area contributed by atoms with Gasteiger partial charge in [0.15, 0.2) is 0 Å². The molecule has 0 aromatic heterocycles. The number of hydrogen-bond donors (Lipinski definition) is 1. The lowest BCUT2D eigenvalue weighted by molar-refractivity contribution is 0.675. The first-order valence-corrected chi connectivity index (χ1v) is 3.97. The van der Waals surface area contributed by atoms with Gasteiger partial charge in [-0.25, -0.2) is 0 Å². The summed E-state index contributed by atoms with van der Waals surface area (Å²) in [6.07, 6.45) is 0.772. The first-order chi connectivity index (χ1) is 5.86. The molecule has 0 amide bonds. The van der Waals surface area contributed by atoms with Gasteiger partial charge in [-0.3, -0.25) is 0 Å². The Labute approximate surface area is 85.0 Å². The number of hydrogen-bond acceptors (Lipinski definition) is 2. The average Bonchev–Trinajstić information content (AvgIpc) is 2.16. The second kappa shape index (κ2) is 6.47. The zero-order chi connectivity index (χ0) is 8.81. The van der Waals surface area contributed by atoms with Crippen molar-refractivity contribution in [3.05, 3.63) is 35.9 Å². The topological polar surface area (TPSA) is 35.8 Å². The third-order valence-electron chi connectivity index (χ3n) is 1.79. The van der Waals surface area contributed by atoms with Gasteiger partial charge in [-0.2, -0.15) is 5.26 Å². The van der Waals surface area contributed by atoms with Gasteiger partial charge in [-0.15, -0.1) is 12.4 Å². The van der Waals surface area contributed by atoms with Crippen molar-refractivity contribution in [2.75, 3.05) is 7.05 Å². The Morgan fingerprint density at radius 3 is 2.46 bits per heavy atom. The van der Waals surface area contributed by atoms with Crippen LogP contribution in [0, 0.1) is 11.3 Å². The quantitative estimate of drug-likeness (QED) is 0.800. The van der Waals surface area contributed by atoms with Crippen molar-refractivity contribution in [2.24, 2.45) is 0 Å². The fourth-order valence-corrected chi connectivity index (χ4v) is 1.06. The molecule has 0 heterocycles. The van der Waals surface area contributed by atoms with E-state index in [4.69, 9.17) is 5.26 Å². The highest BCUT2D eigenvalue weighted by Gasteiger charge is 2.03. The van der Waals surface area contributed by atoms with Gasteiger partial charge in [-0.1, -0.05) is 30.3 Å². The van der Waals surface area contributed by atoms with Crippen molar-refractivity contribution >= 4 is 12.4 Å². The summed E-state index contributed by atoms with van der Waals surface area (Å²) in [6.45, 7) is 0. The molecule has 0 aliphatic carbocycles. The lowest BCUT2D eigenvalue weighted by Crippen LogP contribution is -2.25. The molecule has 1 unspecified atom stereocenters. The molecule has 1 atom stereocenters. The van der Waals surface area contributed by atoms with Crippen LogP contribution in [0.2, 0.25) is 0 Å². The van der Waals surface area contributed by atoms with Crippen LogP contribution in [0.4, 0.5) is 0 Å². The minimum Gasteiger partial charge on any atom is -0.305 e. The number of nitrogens with zero attached hydrogens (tertiary/aromatic N) is 1. The van der Waals surface area contributed by atoms with Crippen molar-refractivity contribution in [1.82, 2.24) is 5.32 Å². The summed E-state index contributed by atoms with van der Waals surface area (Å²) in [6, 6.07) is 12.1. The first kappa shape index (κ1) is 12.0. The van der Waals surface area contributed by atoms with Crippen LogP contribution >= 0.6 is 12.4 Å². The molecule has 13 heavy (non-hydrogen) atoms. The van der Waals surface area contributed by atoms with Crippen molar-refractivity contribution < 1.29 is 0 Å². The van der Waals surface area contributed by atoms with Crippen LogP contribution < -0.4 is 5.32 Å². The van der Waals surface area contributed by atoms with E-state index < -0.39 is 0 Å². The van der Waals surface area contributed by atoms with Gasteiger partial charge in [-0.05, 0) is 12.6 Å². The van der Waals surface area contributed by atoms with E-state index in [9.17, 15) is 0 Å². The lowest BCUT2D eigenvalue weighted by atomic mass is 10.1. The lowest BCUT2D eigenvalue weighted by Gasteiger charge is -2.06. The Morgan fingerprint density at radius 2 is 2.00 bits per heavy atom. The minimum atomic E-state index is -0.0765. The number of nitrogens with one attached hydrogen (secondary N) is 1. The van der Waals surface area contributed by atoms with Gasteiger partial charge >= 0.3 is 0 Å². The van der Waals surface area contributed by atoms with Crippen LogP contribution in [0.3, 0.4) is 0 Å². The number of benzene rings is 1. The summed E-state index contributed by atoms with van der Waals surface area (Å²) in [4.78, 5) is 0. The first-order valence-electron chi connectivity index (χ1n) is 3.97. The zero-order valence-electron chi connectivity index (χ0n) is 7.53. The standard InChI is InChI=1S/C10H12N2.ClH/c1-12-10(8-11)7-9-5-3-2-4-6-9;/h2-6,10,12H,7H2,1H3;1H. The van der Waals surface area contributed by atoms with E-state index in [2.05, 4.69) is 11.4 Å². The largest absolute Gasteiger partial charge is 0.305 e. The fraction of sp³-hybridized carbons (Fsp3) is 0.300. The van der Waals surface area contributed by atoms with Crippen molar-refractivity contribution in [1.29, 1.82) is 5.26 Å². The predicted octanol–water partition coefficient (Wildman–Crippen LogP) is 1.76. The average molecular weight is 197 g/mol. The Bertz CT molecular complexity index is 266. The van der Waals surface area contributed by atoms with Gasteiger partial charge in [0.05, 0.1) is 12.1 Å². The summed E-state index contributed by atoms with van der Waals surface area (Å²) in [5.41, 5.74) is 1.19. The van der Waals surface area contributed by atoms with Crippen LogP contribution in [0.1, 0.15) is 5.56 Å². The van der Waals surface area contributed by atoms with Gasteiger partial charge in [0.25, 0.3) is 0 Å².